The number of methoxy groups -OCH3 is 1. The van der Waals surface area contributed by atoms with E-state index in [0.29, 0.717) is 5.92 Å². The third-order valence-corrected chi connectivity index (χ3v) is 7.50. The molecule has 0 aliphatic rings. The Morgan fingerprint density at radius 2 is 1.09 bits per heavy atom. The number of benzene rings is 4. The lowest BCUT2D eigenvalue weighted by molar-refractivity contribution is -0.0854. The van der Waals surface area contributed by atoms with E-state index in [-0.39, 0.29) is 0 Å². The van der Waals surface area contributed by atoms with Crippen LogP contribution in [0.25, 0.3) is 0 Å². The second-order valence-electron chi connectivity index (χ2n) is 8.22. The lowest BCUT2D eigenvalue weighted by atomic mass is 9.68. The Bertz CT molecular complexity index is 1020. The number of ether oxygens (including phenoxy) is 2. The monoisotopic (exact) mass is 548 g/mol. The van der Waals surface area contributed by atoms with Crippen LogP contribution in [0, 0.1) is 0 Å². The first-order valence-corrected chi connectivity index (χ1v) is 12.7. The number of halogens is 1. The van der Waals surface area contributed by atoms with Crippen LogP contribution in [-0.4, -0.2) is 17.8 Å². The first-order valence-electron chi connectivity index (χ1n) is 11.2. The quantitative estimate of drug-likeness (QED) is 0.0928. The highest BCUT2D eigenvalue weighted by Crippen LogP contribution is 2.44. The van der Waals surface area contributed by atoms with Crippen LogP contribution < -0.4 is 4.74 Å². The average Bonchev–Trinajstić information content (AvgIpc) is 2.90. The topological polar surface area (TPSA) is 18.5 Å². The van der Waals surface area contributed by atoms with Gasteiger partial charge in [-0.3, -0.25) is 0 Å². The first-order chi connectivity index (χ1) is 16.2. The Kier molecular flexibility index (Phi) is 7.84. The molecule has 0 N–H and O–H groups in total. The second kappa shape index (κ2) is 11.0. The van der Waals surface area contributed by atoms with Crippen LogP contribution in [-0.2, 0) is 10.2 Å². The zero-order valence-corrected chi connectivity index (χ0v) is 21.2. The lowest BCUT2D eigenvalue weighted by Crippen LogP contribution is -2.46. The Morgan fingerprint density at radius 1 is 0.667 bits per heavy atom. The molecule has 0 saturated carbocycles. The molecule has 2 atom stereocenters. The predicted molar refractivity (Wildman–Crippen MR) is 144 cm³/mol. The van der Waals surface area contributed by atoms with E-state index < -0.39 is 11.7 Å². The molecule has 0 saturated heterocycles. The highest BCUT2D eigenvalue weighted by molar-refractivity contribution is 14.1. The largest absolute Gasteiger partial charge is 0.463 e. The molecule has 2 unspecified atom stereocenters. The van der Waals surface area contributed by atoms with Gasteiger partial charge in [-0.15, -0.1) is 0 Å². The van der Waals surface area contributed by atoms with Gasteiger partial charge in [-0.1, -0.05) is 133 Å². The lowest BCUT2D eigenvalue weighted by Gasteiger charge is -2.41. The van der Waals surface area contributed by atoms with Crippen molar-refractivity contribution in [2.75, 3.05) is 11.5 Å². The van der Waals surface area contributed by atoms with Gasteiger partial charge < -0.3 is 9.47 Å². The Labute approximate surface area is 210 Å². The van der Waals surface area contributed by atoms with Gasteiger partial charge in [0, 0.05) is 11.5 Å². The first kappa shape index (κ1) is 23.5. The van der Waals surface area contributed by atoms with Crippen molar-refractivity contribution in [2.45, 2.75) is 24.5 Å². The summed E-state index contributed by atoms with van der Waals surface area (Å²) in [7, 11) is 1.72. The third kappa shape index (κ3) is 4.85. The third-order valence-electron chi connectivity index (χ3n) is 6.18. The summed E-state index contributed by atoms with van der Waals surface area (Å²) in [6.45, 7) is 2.24. The van der Waals surface area contributed by atoms with Gasteiger partial charge >= 0.3 is 0 Å². The van der Waals surface area contributed by atoms with Crippen molar-refractivity contribution in [3.63, 3.8) is 0 Å². The summed E-state index contributed by atoms with van der Waals surface area (Å²) in [5.41, 5.74) is 4.00. The maximum atomic E-state index is 6.64. The van der Waals surface area contributed by atoms with Crippen molar-refractivity contribution in [1.82, 2.24) is 0 Å². The molecule has 0 amide bonds. The van der Waals surface area contributed by atoms with Crippen LogP contribution in [0.1, 0.15) is 35.1 Å². The molecule has 4 rings (SSSR count). The van der Waals surface area contributed by atoms with Crippen LogP contribution in [0.3, 0.4) is 0 Å². The number of hydrogen-bond acceptors (Lipinski definition) is 2. The molecule has 3 heteroatoms. The van der Waals surface area contributed by atoms with Crippen molar-refractivity contribution in [3.8, 4) is 5.75 Å². The molecule has 0 spiro atoms. The van der Waals surface area contributed by atoms with Crippen molar-refractivity contribution >= 4 is 22.6 Å². The molecule has 0 fully saturated rings. The minimum absolute atomic E-state index is 0.509. The normalized spacial score (nSPS) is 13.3. The Morgan fingerprint density at radius 3 is 1.45 bits per heavy atom. The molecule has 168 valence electrons. The van der Waals surface area contributed by atoms with Crippen LogP contribution in [0.2, 0.25) is 0 Å². The molecular weight excluding hydrogens is 519 g/mol. The van der Waals surface area contributed by atoms with Crippen molar-refractivity contribution in [3.05, 3.63) is 138 Å². The standard InChI is InChI=1S/C30H29IO2/c1-23(22-31)24-18-20-28(21-19-24)33-29(32-2)30(25-12-6-3-7-13-25,26-14-8-4-9-15-26)27-16-10-5-11-17-27/h3-21,23,29H,22H2,1-2H3. The molecule has 4 aromatic carbocycles. The Balaban J connectivity index is 1.87. The summed E-state index contributed by atoms with van der Waals surface area (Å²) in [5.74, 6) is 1.30. The molecule has 33 heavy (non-hydrogen) atoms. The van der Waals surface area contributed by atoms with Gasteiger partial charge in [0.1, 0.15) is 11.2 Å². The fourth-order valence-electron chi connectivity index (χ4n) is 4.41. The number of hydrogen-bond donors (Lipinski definition) is 0. The van der Waals surface area contributed by atoms with Gasteiger partial charge in [0.2, 0.25) is 6.29 Å². The highest BCUT2D eigenvalue weighted by Gasteiger charge is 2.46. The number of alkyl halides is 1. The van der Waals surface area contributed by atoms with Gasteiger partial charge in [0.15, 0.2) is 0 Å². The van der Waals surface area contributed by atoms with E-state index in [1.54, 1.807) is 7.11 Å². The van der Waals surface area contributed by atoms with Crippen molar-refractivity contribution < 1.29 is 9.47 Å². The maximum Gasteiger partial charge on any atom is 0.217 e. The van der Waals surface area contributed by atoms with Gasteiger partial charge in [-0.2, -0.15) is 0 Å². The summed E-state index contributed by atoms with van der Waals surface area (Å²) in [6, 6.07) is 39.9. The van der Waals surface area contributed by atoms with E-state index in [1.807, 2.05) is 18.2 Å². The minimum Gasteiger partial charge on any atom is -0.463 e. The smallest absolute Gasteiger partial charge is 0.217 e. The van der Waals surface area contributed by atoms with Crippen molar-refractivity contribution in [1.29, 1.82) is 0 Å². The predicted octanol–water partition coefficient (Wildman–Crippen LogP) is 7.61. The Hall–Kier alpha value is -2.63. The summed E-state index contributed by atoms with van der Waals surface area (Å²) in [6.07, 6.45) is -0.586. The maximum absolute atomic E-state index is 6.64. The number of rotatable bonds is 9. The molecule has 0 heterocycles. The van der Waals surface area contributed by atoms with E-state index in [2.05, 4.69) is 127 Å². The SMILES string of the molecule is COC(Oc1ccc(C(C)CI)cc1)C(c1ccccc1)(c1ccccc1)c1ccccc1. The van der Waals surface area contributed by atoms with Crippen LogP contribution in [0.4, 0.5) is 0 Å². The van der Waals surface area contributed by atoms with Crippen LogP contribution in [0.15, 0.2) is 115 Å². The molecule has 0 aliphatic carbocycles. The fraction of sp³-hybridized carbons (Fsp3) is 0.200. The second-order valence-corrected chi connectivity index (χ2v) is 9.10. The van der Waals surface area contributed by atoms with E-state index in [1.165, 1.54) is 5.56 Å². The molecule has 0 radical (unpaired) electrons. The summed E-state index contributed by atoms with van der Waals surface area (Å²) in [5, 5.41) is 0. The van der Waals surface area contributed by atoms with E-state index in [0.717, 1.165) is 26.9 Å². The van der Waals surface area contributed by atoms with Gasteiger partial charge in [0.05, 0.1) is 0 Å². The molecule has 4 aromatic rings. The molecular formula is C30H29IO2. The van der Waals surface area contributed by atoms with E-state index in [9.17, 15) is 0 Å². The highest BCUT2D eigenvalue weighted by atomic mass is 127. The average molecular weight is 548 g/mol. The fourth-order valence-corrected chi connectivity index (χ4v) is 4.92. The van der Waals surface area contributed by atoms with Gasteiger partial charge in [-0.05, 0) is 40.3 Å². The van der Waals surface area contributed by atoms with E-state index >= 15 is 0 Å². The summed E-state index contributed by atoms with van der Waals surface area (Å²) in [4.78, 5) is 0. The van der Waals surface area contributed by atoms with Gasteiger partial charge in [-0.25, -0.2) is 0 Å². The van der Waals surface area contributed by atoms with Gasteiger partial charge in [0.25, 0.3) is 0 Å². The molecule has 0 aliphatic heterocycles. The minimum atomic E-state index is -0.660. The zero-order chi connectivity index (χ0) is 23.1. The zero-order valence-electron chi connectivity index (χ0n) is 19.0. The summed E-state index contributed by atoms with van der Waals surface area (Å²) >= 11 is 2.43. The van der Waals surface area contributed by atoms with Crippen LogP contribution >= 0.6 is 22.6 Å². The molecule has 0 aromatic heterocycles. The van der Waals surface area contributed by atoms with Crippen molar-refractivity contribution in [2.24, 2.45) is 0 Å². The van der Waals surface area contributed by atoms with Crippen LogP contribution in [0.5, 0.6) is 5.75 Å². The summed E-state index contributed by atoms with van der Waals surface area (Å²) < 4.78 is 13.9. The molecule has 2 nitrogen and oxygen atoms in total. The molecule has 0 bridgehead atoms. The van der Waals surface area contributed by atoms with E-state index in [4.69, 9.17) is 9.47 Å².